The highest BCUT2D eigenvalue weighted by Crippen LogP contribution is 2.21. The largest absolute Gasteiger partial charge is 0.508 e. The Labute approximate surface area is 98.6 Å². The van der Waals surface area contributed by atoms with Crippen molar-refractivity contribution in [3.05, 3.63) is 24.3 Å². The van der Waals surface area contributed by atoms with Gasteiger partial charge in [-0.15, -0.1) is 11.8 Å². The monoisotopic (exact) mass is 238 g/mol. The predicted molar refractivity (Wildman–Crippen MR) is 65.8 cm³/mol. The van der Waals surface area contributed by atoms with E-state index in [-0.39, 0.29) is 17.7 Å². The number of hydrogen-bond acceptors (Lipinski definition) is 4. The molecule has 0 bridgehead atoms. The zero-order valence-electron chi connectivity index (χ0n) is 9.01. The first-order valence-corrected chi connectivity index (χ1v) is 6.21. The molecule has 1 amide bonds. The maximum Gasteiger partial charge on any atom is 0.244 e. The number of nitrogens with zero attached hydrogens (tertiary/aromatic N) is 1. The number of thioether (sulfide) groups is 1. The quantitative estimate of drug-likeness (QED) is 0.807. The van der Waals surface area contributed by atoms with Gasteiger partial charge in [-0.3, -0.25) is 10.1 Å². The van der Waals surface area contributed by atoms with Gasteiger partial charge in [-0.05, 0) is 12.1 Å². The smallest absolute Gasteiger partial charge is 0.244 e. The Bertz CT molecular complexity index is 391. The molecule has 2 N–H and O–H groups in total. The van der Waals surface area contributed by atoms with Crippen LogP contribution in [0.25, 0.3) is 0 Å². The molecule has 1 atom stereocenters. The molecule has 1 unspecified atom stereocenters. The normalized spacial score (nSPS) is 19.7. The van der Waals surface area contributed by atoms with E-state index in [0.717, 1.165) is 11.6 Å². The summed E-state index contributed by atoms with van der Waals surface area (Å²) in [6.45, 7) is 0. The lowest BCUT2D eigenvalue weighted by atomic mass is 10.2. The summed E-state index contributed by atoms with van der Waals surface area (Å²) in [6, 6.07) is 6.59. The second kappa shape index (κ2) is 4.76. The molecule has 1 aliphatic rings. The summed E-state index contributed by atoms with van der Waals surface area (Å²) in [7, 11) is 1.72. The van der Waals surface area contributed by atoms with Gasteiger partial charge in [0.1, 0.15) is 5.75 Å². The van der Waals surface area contributed by atoms with Crippen molar-refractivity contribution in [3.63, 3.8) is 0 Å². The Kier molecular flexibility index (Phi) is 3.36. The fourth-order valence-electron chi connectivity index (χ4n) is 1.62. The first-order valence-electron chi connectivity index (χ1n) is 5.06. The Morgan fingerprint density at radius 1 is 1.62 bits per heavy atom. The number of carbonyl (C=O) groups is 1. The first kappa shape index (κ1) is 11.3. The number of benzene rings is 1. The van der Waals surface area contributed by atoms with Crippen LogP contribution in [0.1, 0.15) is 0 Å². The molecule has 16 heavy (non-hydrogen) atoms. The molecule has 1 aromatic carbocycles. The lowest BCUT2D eigenvalue weighted by molar-refractivity contribution is -0.119. The number of anilines is 1. The third-order valence-corrected chi connectivity index (χ3v) is 3.50. The highest BCUT2D eigenvalue weighted by molar-refractivity contribution is 7.99. The van der Waals surface area contributed by atoms with Gasteiger partial charge in [0.05, 0.1) is 6.04 Å². The number of carbonyl (C=O) groups excluding carboxylic acids is 1. The summed E-state index contributed by atoms with van der Waals surface area (Å²) in [5.74, 6) is 1.84. The highest BCUT2D eigenvalue weighted by Gasteiger charge is 2.26. The average molecular weight is 238 g/mol. The van der Waals surface area contributed by atoms with E-state index >= 15 is 0 Å². The van der Waals surface area contributed by atoms with E-state index in [1.165, 1.54) is 0 Å². The average Bonchev–Trinajstić information content (AvgIpc) is 2.80. The van der Waals surface area contributed by atoms with Gasteiger partial charge in [-0.2, -0.15) is 0 Å². The summed E-state index contributed by atoms with van der Waals surface area (Å²) in [4.78, 5) is 13.6. The minimum Gasteiger partial charge on any atom is -0.508 e. The van der Waals surface area contributed by atoms with E-state index in [0.29, 0.717) is 5.69 Å². The minimum absolute atomic E-state index is 0.0376. The second-order valence-corrected chi connectivity index (χ2v) is 4.72. The van der Waals surface area contributed by atoms with Crippen molar-refractivity contribution in [2.45, 2.75) is 6.04 Å². The number of hydrogen-bond donors (Lipinski definition) is 2. The van der Waals surface area contributed by atoms with Crippen molar-refractivity contribution >= 4 is 23.4 Å². The third kappa shape index (κ3) is 2.31. The molecule has 1 aliphatic heterocycles. The Morgan fingerprint density at radius 2 is 2.44 bits per heavy atom. The van der Waals surface area contributed by atoms with E-state index in [1.54, 1.807) is 48.0 Å². The Morgan fingerprint density at radius 3 is 3.06 bits per heavy atom. The molecule has 0 aliphatic carbocycles. The van der Waals surface area contributed by atoms with Crippen molar-refractivity contribution in [2.24, 2.45) is 0 Å². The first-order chi connectivity index (χ1) is 7.68. The topological polar surface area (TPSA) is 52.6 Å². The number of phenolic OH excluding ortho intramolecular Hbond substituents is 1. The van der Waals surface area contributed by atoms with Crippen LogP contribution in [-0.2, 0) is 4.79 Å². The number of nitrogens with one attached hydrogen (secondary N) is 1. The van der Waals surface area contributed by atoms with E-state index in [2.05, 4.69) is 5.32 Å². The van der Waals surface area contributed by atoms with Crippen LogP contribution in [0.4, 0.5) is 5.69 Å². The third-order valence-electron chi connectivity index (χ3n) is 2.56. The minimum atomic E-state index is -0.114. The van der Waals surface area contributed by atoms with Crippen LogP contribution in [-0.4, -0.2) is 35.7 Å². The van der Waals surface area contributed by atoms with Crippen LogP contribution >= 0.6 is 11.8 Å². The van der Waals surface area contributed by atoms with Gasteiger partial charge in [0.2, 0.25) is 5.91 Å². The van der Waals surface area contributed by atoms with E-state index in [4.69, 9.17) is 0 Å². The summed E-state index contributed by atoms with van der Waals surface area (Å²) in [5.41, 5.74) is 0.712. The predicted octanol–water partition coefficient (Wildman–Crippen LogP) is 1.02. The SMILES string of the molecule is CN(C(=O)C1CSCN1)c1cccc(O)c1. The summed E-state index contributed by atoms with van der Waals surface area (Å²) in [6.07, 6.45) is 0. The van der Waals surface area contributed by atoms with Crippen LogP contribution in [0, 0.1) is 0 Å². The zero-order chi connectivity index (χ0) is 11.5. The molecule has 5 heteroatoms. The fourth-order valence-corrected chi connectivity index (χ4v) is 2.55. The fraction of sp³-hybridized carbons (Fsp3) is 0.364. The van der Waals surface area contributed by atoms with Gasteiger partial charge in [-0.25, -0.2) is 0 Å². The molecule has 0 radical (unpaired) electrons. The van der Waals surface area contributed by atoms with E-state index < -0.39 is 0 Å². The number of likely N-dealkylation sites (N-methyl/N-ethyl adjacent to an activating group) is 1. The van der Waals surface area contributed by atoms with Gasteiger partial charge in [-0.1, -0.05) is 6.07 Å². The maximum atomic E-state index is 12.0. The Hall–Kier alpha value is -1.20. The van der Waals surface area contributed by atoms with Gasteiger partial charge in [0.25, 0.3) is 0 Å². The molecule has 1 aromatic rings. The molecule has 0 aromatic heterocycles. The second-order valence-electron chi connectivity index (χ2n) is 3.69. The van der Waals surface area contributed by atoms with E-state index in [1.807, 2.05) is 0 Å². The van der Waals surface area contributed by atoms with Crippen LogP contribution in [0.15, 0.2) is 24.3 Å². The van der Waals surface area contributed by atoms with Crippen molar-refractivity contribution in [2.75, 3.05) is 23.6 Å². The van der Waals surface area contributed by atoms with Crippen molar-refractivity contribution in [1.29, 1.82) is 0 Å². The molecular formula is C11H14N2O2S. The van der Waals surface area contributed by atoms with E-state index in [9.17, 15) is 9.90 Å². The van der Waals surface area contributed by atoms with Crippen molar-refractivity contribution in [3.8, 4) is 5.75 Å². The van der Waals surface area contributed by atoms with Crippen LogP contribution in [0.5, 0.6) is 5.75 Å². The molecular weight excluding hydrogens is 224 g/mol. The number of phenols is 1. The summed E-state index contributed by atoms with van der Waals surface area (Å²) >= 11 is 1.72. The zero-order valence-corrected chi connectivity index (χ0v) is 9.83. The lowest BCUT2D eigenvalue weighted by Gasteiger charge is -2.20. The summed E-state index contributed by atoms with van der Waals surface area (Å²) in [5, 5.41) is 12.5. The summed E-state index contributed by atoms with van der Waals surface area (Å²) < 4.78 is 0. The van der Waals surface area contributed by atoms with Crippen LogP contribution in [0.2, 0.25) is 0 Å². The van der Waals surface area contributed by atoms with Crippen molar-refractivity contribution in [1.82, 2.24) is 5.32 Å². The highest BCUT2D eigenvalue weighted by atomic mass is 32.2. The molecule has 1 fully saturated rings. The lowest BCUT2D eigenvalue weighted by Crippen LogP contribution is -2.43. The van der Waals surface area contributed by atoms with Gasteiger partial charge in [0.15, 0.2) is 0 Å². The Balaban J connectivity index is 2.11. The van der Waals surface area contributed by atoms with Crippen LogP contribution < -0.4 is 10.2 Å². The molecule has 1 heterocycles. The molecule has 2 rings (SSSR count). The van der Waals surface area contributed by atoms with Crippen molar-refractivity contribution < 1.29 is 9.90 Å². The molecule has 0 saturated carbocycles. The van der Waals surface area contributed by atoms with Crippen LogP contribution in [0.3, 0.4) is 0 Å². The number of aromatic hydroxyl groups is 1. The maximum absolute atomic E-state index is 12.0. The number of rotatable bonds is 2. The number of amides is 1. The molecule has 1 saturated heterocycles. The van der Waals surface area contributed by atoms with Gasteiger partial charge < -0.3 is 10.0 Å². The van der Waals surface area contributed by atoms with Gasteiger partial charge in [0, 0.05) is 30.4 Å². The molecule has 0 spiro atoms. The standard InChI is InChI=1S/C11H14N2O2S/c1-13(8-3-2-4-9(14)5-8)11(15)10-6-16-7-12-10/h2-5,10,12,14H,6-7H2,1H3. The van der Waals surface area contributed by atoms with Gasteiger partial charge >= 0.3 is 0 Å². The molecule has 4 nitrogen and oxygen atoms in total. The molecule has 86 valence electrons.